The number of anilines is 1. The van der Waals surface area contributed by atoms with Gasteiger partial charge in [0.2, 0.25) is 0 Å². The summed E-state index contributed by atoms with van der Waals surface area (Å²) in [6.45, 7) is 6.99. The number of carboxylic acid groups (broad SMARTS) is 1. The molecule has 3 aromatic rings. The van der Waals surface area contributed by atoms with Crippen molar-refractivity contribution >= 4 is 30.7 Å². The van der Waals surface area contributed by atoms with Crippen LogP contribution in [0.2, 0.25) is 0 Å². The molecule has 0 radical (unpaired) electrons. The van der Waals surface area contributed by atoms with Gasteiger partial charge >= 0.3 is 13.7 Å². The smallest absolute Gasteiger partial charge is 0.459 e. The number of aromatic nitrogens is 4. The summed E-state index contributed by atoms with van der Waals surface area (Å²) in [5, 5.41) is 11.9. The Bertz CT molecular complexity index is 1370. The molecule has 14 heteroatoms. The number of carbonyl (C=O) groups is 1. The van der Waals surface area contributed by atoms with Crippen molar-refractivity contribution in [1.29, 1.82) is 0 Å². The molecule has 2 aromatic heterocycles. The van der Waals surface area contributed by atoms with Crippen LogP contribution in [-0.2, 0) is 23.4 Å². The molecule has 1 aliphatic heterocycles. The molecule has 13 nitrogen and oxygen atoms in total. The van der Waals surface area contributed by atoms with Crippen LogP contribution in [0.5, 0.6) is 5.75 Å². The van der Waals surface area contributed by atoms with Crippen molar-refractivity contribution in [2.24, 2.45) is 11.8 Å². The summed E-state index contributed by atoms with van der Waals surface area (Å²) >= 11 is 0. The van der Waals surface area contributed by atoms with Gasteiger partial charge in [-0.1, -0.05) is 25.1 Å². The van der Waals surface area contributed by atoms with Gasteiger partial charge in [-0.3, -0.25) is 9.32 Å². The van der Waals surface area contributed by atoms with Crippen LogP contribution < -0.4 is 15.3 Å². The SMILES string of the molecule is CC(NP(=O)(OC[C@H]1C(C)[C@@H](n2cnc3c(N)ncnc32)[C@@H]2OC(C)(C)O[C@@H]21)Oc1ccccc1)C(=O)O. The maximum Gasteiger partial charge on any atom is 0.459 e. The lowest BCUT2D eigenvalue weighted by Gasteiger charge is -2.30. The highest BCUT2D eigenvalue weighted by Gasteiger charge is 2.58. The van der Waals surface area contributed by atoms with Gasteiger partial charge in [0, 0.05) is 5.92 Å². The lowest BCUT2D eigenvalue weighted by molar-refractivity contribution is -0.166. The highest BCUT2D eigenvalue weighted by atomic mass is 31.2. The molecule has 1 saturated heterocycles. The van der Waals surface area contributed by atoms with Gasteiger partial charge in [-0.05, 0) is 38.8 Å². The lowest BCUT2D eigenvalue weighted by Crippen LogP contribution is -2.35. The number of carboxylic acids is 1. The molecule has 1 aliphatic carbocycles. The number of rotatable bonds is 9. The van der Waals surface area contributed by atoms with E-state index in [-0.39, 0.29) is 42.2 Å². The number of ether oxygens (including phenoxy) is 2. The number of nitrogens with one attached hydrogen (secondary N) is 1. The minimum Gasteiger partial charge on any atom is -0.480 e. The van der Waals surface area contributed by atoms with Crippen LogP contribution >= 0.6 is 7.75 Å². The van der Waals surface area contributed by atoms with Crippen LogP contribution in [0.25, 0.3) is 11.2 Å². The normalized spacial score (nSPS) is 28.6. The van der Waals surface area contributed by atoms with Crippen molar-refractivity contribution in [3.8, 4) is 5.75 Å². The Morgan fingerprint density at radius 3 is 2.66 bits per heavy atom. The molecule has 0 spiro atoms. The number of hydrogen-bond acceptors (Lipinski definition) is 10. The summed E-state index contributed by atoms with van der Waals surface area (Å²) < 4.78 is 39.9. The summed E-state index contributed by atoms with van der Waals surface area (Å²) in [5.74, 6) is -1.91. The first kappa shape index (κ1) is 26.5. The Balaban J connectivity index is 1.44. The van der Waals surface area contributed by atoms with E-state index < -0.39 is 31.6 Å². The zero-order chi connectivity index (χ0) is 27.2. The van der Waals surface area contributed by atoms with Gasteiger partial charge in [0.25, 0.3) is 0 Å². The van der Waals surface area contributed by atoms with E-state index in [4.69, 9.17) is 24.3 Å². The summed E-state index contributed by atoms with van der Waals surface area (Å²) in [4.78, 5) is 24.3. The van der Waals surface area contributed by atoms with Gasteiger partial charge in [0.1, 0.15) is 29.7 Å². The molecule has 2 fully saturated rings. The number of fused-ring (bicyclic) bond motifs is 2. The molecule has 7 atom stereocenters. The maximum absolute atomic E-state index is 13.8. The van der Waals surface area contributed by atoms with Crippen LogP contribution in [0.1, 0.15) is 33.7 Å². The summed E-state index contributed by atoms with van der Waals surface area (Å²) in [5.41, 5.74) is 7.06. The van der Waals surface area contributed by atoms with E-state index in [1.54, 1.807) is 36.7 Å². The van der Waals surface area contributed by atoms with Gasteiger partial charge in [0.15, 0.2) is 17.3 Å². The molecular weight excluding hydrogens is 515 g/mol. The predicted octanol–water partition coefficient (Wildman–Crippen LogP) is 3.00. The predicted molar refractivity (Wildman–Crippen MR) is 136 cm³/mol. The zero-order valence-corrected chi connectivity index (χ0v) is 22.3. The van der Waals surface area contributed by atoms with Crippen molar-refractivity contribution in [2.75, 3.05) is 12.3 Å². The van der Waals surface area contributed by atoms with Gasteiger partial charge in [0.05, 0.1) is 25.1 Å². The molecule has 3 heterocycles. The molecular formula is C24H31N6O7P. The van der Waals surface area contributed by atoms with Gasteiger partial charge in [-0.15, -0.1) is 0 Å². The van der Waals surface area contributed by atoms with Crippen LogP contribution in [-0.4, -0.2) is 61.2 Å². The van der Waals surface area contributed by atoms with Crippen LogP contribution in [0.15, 0.2) is 43.0 Å². The van der Waals surface area contributed by atoms with Crippen molar-refractivity contribution < 1.29 is 33.0 Å². The number of para-hydroxylation sites is 1. The number of nitrogens with two attached hydrogens (primary N) is 1. The van der Waals surface area contributed by atoms with Crippen LogP contribution in [0, 0.1) is 11.8 Å². The Hall–Kier alpha value is -3.09. The van der Waals surface area contributed by atoms with Crippen molar-refractivity contribution in [3.05, 3.63) is 43.0 Å². The second-order valence-corrected chi connectivity index (χ2v) is 11.7. The fraction of sp³-hybridized carbons (Fsp3) is 0.500. The first-order valence-electron chi connectivity index (χ1n) is 12.3. The standard InChI is InChI=1S/C24H31N6O7P/c1-13-16(10-34-38(33,29-14(2)23(31)32)37-15-8-6-5-7-9-15)19-20(36-24(3,4)35-19)18(13)30-12-28-17-21(25)26-11-27-22(17)30/h5-9,11-14,16,18-20H,10H2,1-4H3,(H,29,33)(H,31,32)(H2,25,26,27)/t13?,14?,16-,18+,19+,20-,38?/m0/s1. The Kier molecular flexibility index (Phi) is 6.91. The second kappa shape index (κ2) is 9.90. The largest absolute Gasteiger partial charge is 0.480 e. The minimum absolute atomic E-state index is 0.0501. The summed E-state index contributed by atoms with van der Waals surface area (Å²) in [6.07, 6.45) is 2.24. The van der Waals surface area contributed by atoms with Gasteiger partial charge in [-0.2, -0.15) is 5.09 Å². The van der Waals surface area contributed by atoms with E-state index in [0.29, 0.717) is 11.2 Å². The van der Waals surface area contributed by atoms with E-state index >= 15 is 0 Å². The molecule has 5 rings (SSSR count). The number of aliphatic carboxylic acids is 1. The molecule has 3 unspecified atom stereocenters. The fourth-order valence-electron chi connectivity index (χ4n) is 5.20. The monoisotopic (exact) mass is 546 g/mol. The zero-order valence-electron chi connectivity index (χ0n) is 21.4. The van der Waals surface area contributed by atoms with E-state index in [2.05, 4.69) is 20.0 Å². The molecule has 38 heavy (non-hydrogen) atoms. The second-order valence-electron chi connectivity index (χ2n) is 10.0. The molecule has 4 N–H and O–H groups in total. The van der Waals surface area contributed by atoms with Crippen molar-refractivity contribution in [3.63, 3.8) is 0 Å². The van der Waals surface area contributed by atoms with Gasteiger partial charge in [-0.25, -0.2) is 19.5 Å². The average Bonchev–Trinajstić information content (AvgIpc) is 3.48. The molecule has 1 aromatic carbocycles. The summed E-state index contributed by atoms with van der Waals surface area (Å²) in [7, 11) is -4.11. The number of hydrogen-bond donors (Lipinski definition) is 3. The Labute approximate surface area is 219 Å². The first-order valence-corrected chi connectivity index (χ1v) is 13.8. The summed E-state index contributed by atoms with van der Waals surface area (Å²) in [6, 6.07) is 7.00. The number of benzene rings is 1. The third-order valence-electron chi connectivity index (χ3n) is 6.97. The average molecular weight is 547 g/mol. The molecule has 0 bridgehead atoms. The molecule has 1 saturated carbocycles. The topological polar surface area (TPSA) is 173 Å². The quantitative estimate of drug-likeness (QED) is 0.335. The van der Waals surface area contributed by atoms with Crippen LogP contribution in [0.4, 0.5) is 5.82 Å². The highest BCUT2D eigenvalue weighted by molar-refractivity contribution is 7.52. The third-order valence-corrected chi connectivity index (χ3v) is 8.62. The Morgan fingerprint density at radius 1 is 1.24 bits per heavy atom. The molecule has 2 aliphatic rings. The number of imidazole rings is 1. The van der Waals surface area contributed by atoms with Crippen LogP contribution in [0.3, 0.4) is 0 Å². The fourth-order valence-corrected chi connectivity index (χ4v) is 6.73. The third kappa shape index (κ3) is 4.99. The van der Waals surface area contributed by atoms with Crippen molar-refractivity contribution in [1.82, 2.24) is 24.6 Å². The van der Waals surface area contributed by atoms with Crippen molar-refractivity contribution in [2.45, 2.75) is 57.8 Å². The number of nitrogen functional groups attached to an aromatic ring is 1. The van der Waals surface area contributed by atoms with E-state index in [1.165, 1.54) is 13.3 Å². The highest BCUT2D eigenvalue weighted by Crippen LogP contribution is 2.53. The van der Waals surface area contributed by atoms with E-state index in [0.717, 1.165) is 0 Å². The first-order chi connectivity index (χ1) is 18.0. The lowest BCUT2D eigenvalue weighted by atomic mass is 9.95. The minimum atomic E-state index is -4.11. The molecule has 204 valence electrons. The van der Waals surface area contributed by atoms with Gasteiger partial charge < -0.3 is 29.4 Å². The maximum atomic E-state index is 13.8. The van der Waals surface area contributed by atoms with E-state index in [9.17, 15) is 14.5 Å². The number of nitrogens with zero attached hydrogens (tertiary/aromatic N) is 4. The van der Waals surface area contributed by atoms with E-state index in [1.807, 2.05) is 25.3 Å². The Morgan fingerprint density at radius 2 is 1.95 bits per heavy atom. The molecule has 0 amide bonds.